The van der Waals surface area contributed by atoms with Crippen molar-refractivity contribution in [1.82, 2.24) is 4.90 Å². The Balaban J connectivity index is 1.80. The van der Waals surface area contributed by atoms with Gasteiger partial charge in [0.25, 0.3) is 5.91 Å². The first-order valence-electron chi connectivity index (χ1n) is 7.16. The Kier molecular flexibility index (Phi) is 3.65. The SMILES string of the molecule is NC1CCCC2CN(C(=O)c3cc(F)c(F)c(F)c3)CC12. The highest BCUT2D eigenvalue weighted by Gasteiger charge is 2.40. The number of fused-ring (bicyclic) bond motifs is 1. The molecule has 1 heterocycles. The summed E-state index contributed by atoms with van der Waals surface area (Å²) in [7, 11) is 0. The van der Waals surface area contributed by atoms with Crippen molar-refractivity contribution in [1.29, 1.82) is 0 Å². The van der Waals surface area contributed by atoms with Crippen molar-refractivity contribution in [2.75, 3.05) is 13.1 Å². The van der Waals surface area contributed by atoms with E-state index in [2.05, 4.69) is 0 Å². The summed E-state index contributed by atoms with van der Waals surface area (Å²) in [6.07, 6.45) is 3.02. The van der Waals surface area contributed by atoms with Gasteiger partial charge in [-0.2, -0.15) is 0 Å². The van der Waals surface area contributed by atoms with Crippen molar-refractivity contribution in [3.8, 4) is 0 Å². The third-order valence-electron chi connectivity index (χ3n) is 4.67. The number of benzene rings is 1. The quantitative estimate of drug-likeness (QED) is 0.809. The average Bonchev–Trinajstić information content (AvgIpc) is 2.89. The van der Waals surface area contributed by atoms with Gasteiger partial charge in [0.1, 0.15) is 0 Å². The highest BCUT2D eigenvalue weighted by Crippen LogP contribution is 2.36. The Hall–Kier alpha value is -1.56. The van der Waals surface area contributed by atoms with Crippen LogP contribution >= 0.6 is 0 Å². The minimum Gasteiger partial charge on any atom is -0.338 e. The van der Waals surface area contributed by atoms with Crippen LogP contribution in [0.3, 0.4) is 0 Å². The number of likely N-dealkylation sites (tertiary alicyclic amines) is 1. The second-order valence-corrected chi connectivity index (χ2v) is 5.98. The van der Waals surface area contributed by atoms with Gasteiger partial charge in [-0.3, -0.25) is 4.79 Å². The molecule has 114 valence electrons. The summed E-state index contributed by atoms with van der Waals surface area (Å²) in [5.74, 6) is -4.10. The second kappa shape index (κ2) is 5.33. The van der Waals surface area contributed by atoms with E-state index in [1.165, 1.54) is 0 Å². The van der Waals surface area contributed by atoms with Crippen LogP contribution in [0, 0.1) is 29.3 Å². The summed E-state index contributed by atoms with van der Waals surface area (Å²) >= 11 is 0. The zero-order chi connectivity index (χ0) is 15.1. The molecule has 21 heavy (non-hydrogen) atoms. The fraction of sp³-hybridized carbons (Fsp3) is 0.533. The van der Waals surface area contributed by atoms with Crippen molar-refractivity contribution >= 4 is 5.91 Å². The van der Waals surface area contributed by atoms with Crippen LogP contribution < -0.4 is 5.73 Å². The van der Waals surface area contributed by atoms with Crippen molar-refractivity contribution in [2.45, 2.75) is 25.3 Å². The van der Waals surface area contributed by atoms with Gasteiger partial charge in [-0.05, 0) is 36.8 Å². The maximum Gasteiger partial charge on any atom is 0.254 e. The minimum atomic E-state index is -1.55. The Morgan fingerprint density at radius 1 is 1.14 bits per heavy atom. The Morgan fingerprint density at radius 3 is 2.43 bits per heavy atom. The number of carbonyl (C=O) groups is 1. The molecule has 6 heteroatoms. The standard InChI is InChI=1S/C15H17F3N2O/c16-11-4-9(5-12(17)14(11)18)15(21)20-6-8-2-1-3-13(19)10(8)7-20/h4-5,8,10,13H,1-3,6-7,19H2. The molecule has 2 N–H and O–H groups in total. The first-order valence-corrected chi connectivity index (χ1v) is 7.16. The molecule has 3 unspecified atom stereocenters. The lowest BCUT2D eigenvalue weighted by atomic mass is 9.78. The monoisotopic (exact) mass is 298 g/mol. The molecule has 1 aliphatic carbocycles. The van der Waals surface area contributed by atoms with E-state index in [1.807, 2.05) is 0 Å². The van der Waals surface area contributed by atoms with Crippen LogP contribution in [0.4, 0.5) is 13.2 Å². The predicted octanol–water partition coefficient (Wildman–Crippen LogP) is 2.30. The summed E-state index contributed by atoms with van der Waals surface area (Å²) in [5.41, 5.74) is 5.93. The van der Waals surface area contributed by atoms with Gasteiger partial charge in [0.05, 0.1) is 0 Å². The molecule has 3 rings (SSSR count). The molecule has 1 amide bonds. The van der Waals surface area contributed by atoms with Crippen molar-refractivity contribution < 1.29 is 18.0 Å². The third-order valence-corrected chi connectivity index (χ3v) is 4.67. The van der Waals surface area contributed by atoms with Gasteiger partial charge in [0.15, 0.2) is 17.5 Å². The molecule has 0 bridgehead atoms. The van der Waals surface area contributed by atoms with Crippen molar-refractivity contribution in [3.63, 3.8) is 0 Å². The molecule has 2 fully saturated rings. The molecule has 1 saturated heterocycles. The molecule has 1 saturated carbocycles. The Morgan fingerprint density at radius 2 is 1.81 bits per heavy atom. The van der Waals surface area contributed by atoms with Crippen LogP contribution in [0.1, 0.15) is 29.6 Å². The molecule has 0 aromatic heterocycles. The molecular weight excluding hydrogens is 281 g/mol. The molecule has 0 radical (unpaired) electrons. The summed E-state index contributed by atoms with van der Waals surface area (Å²) in [4.78, 5) is 13.9. The molecule has 2 aliphatic rings. The first-order chi connectivity index (χ1) is 9.97. The third kappa shape index (κ3) is 2.52. The maximum atomic E-state index is 13.2. The smallest absolute Gasteiger partial charge is 0.254 e. The summed E-state index contributed by atoms with van der Waals surface area (Å²) in [6, 6.07) is 1.58. The minimum absolute atomic E-state index is 0.0724. The molecule has 1 aromatic rings. The maximum absolute atomic E-state index is 13.2. The van der Waals surface area contributed by atoms with Gasteiger partial charge >= 0.3 is 0 Å². The van der Waals surface area contributed by atoms with Gasteiger partial charge in [0, 0.05) is 24.7 Å². The lowest BCUT2D eigenvalue weighted by molar-refractivity contribution is 0.0782. The number of amides is 1. The van der Waals surface area contributed by atoms with Crippen LogP contribution in [0.2, 0.25) is 0 Å². The van der Waals surface area contributed by atoms with E-state index < -0.39 is 23.4 Å². The number of hydrogen-bond donors (Lipinski definition) is 1. The normalized spacial score (nSPS) is 28.6. The van der Waals surface area contributed by atoms with Crippen molar-refractivity contribution in [3.05, 3.63) is 35.1 Å². The lowest BCUT2D eigenvalue weighted by Gasteiger charge is -2.29. The van der Waals surface area contributed by atoms with Crippen LogP contribution in [0.25, 0.3) is 0 Å². The number of carbonyl (C=O) groups excluding carboxylic acids is 1. The highest BCUT2D eigenvalue weighted by molar-refractivity contribution is 5.94. The topological polar surface area (TPSA) is 46.3 Å². The summed E-state index contributed by atoms with van der Waals surface area (Å²) in [6.45, 7) is 1.06. The Bertz CT molecular complexity index is 555. The van der Waals surface area contributed by atoms with Gasteiger partial charge in [0.2, 0.25) is 0 Å². The van der Waals surface area contributed by atoms with Gasteiger partial charge in [-0.15, -0.1) is 0 Å². The van der Waals surface area contributed by atoms with E-state index in [0.29, 0.717) is 19.0 Å². The summed E-state index contributed by atoms with van der Waals surface area (Å²) in [5, 5.41) is 0. The Labute approximate surface area is 120 Å². The first kappa shape index (κ1) is 14.4. The van der Waals surface area contributed by atoms with Crippen LogP contribution in [-0.4, -0.2) is 29.9 Å². The molecule has 1 aliphatic heterocycles. The number of nitrogens with two attached hydrogens (primary N) is 1. The second-order valence-electron chi connectivity index (χ2n) is 5.98. The van der Waals surface area contributed by atoms with Gasteiger partial charge < -0.3 is 10.6 Å². The fourth-order valence-corrected chi connectivity index (χ4v) is 3.54. The van der Waals surface area contributed by atoms with E-state index in [0.717, 1.165) is 31.4 Å². The van der Waals surface area contributed by atoms with E-state index in [4.69, 9.17) is 5.73 Å². The largest absolute Gasteiger partial charge is 0.338 e. The number of hydrogen-bond acceptors (Lipinski definition) is 2. The molecule has 0 spiro atoms. The zero-order valence-corrected chi connectivity index (χ0v) is 11.5. The number of halogens is 3. The van der Waals surface area contributed by atoms with Crippen LogP contribution in [0.5, 0.6) is 0 Å². The van der Waals surface area contributed by atoms with E-state index in [1.54, 1.807) is 4.90 Å². The zero-order valence-electron chi connectivity index (χ0n) is 11.5. The molecule has 3 atom stereocenters. The number of nitrogens with zero attached hydrogens (tertiary/aromatic N) is 1. The van der Waals surface area contributed by atoms with Crippen LogP contribution in [0.15, 0.2) is 12.1 Å². The van der Waals surface area contributed by atoms with E-state index in [9.17, 15) is 18.0 Å². The molecular formula is C15H17F3N2O. The summed E-state index contributed by atoms with van der Waals surface area (Å²) < 4.78 is 39.4. The number of rotatable bonds is 1. The van der Waals surface area contributed by atoms with Gasteiger partial charge in [-0.1, -0.05) is 6.42 Å². The lowest BCUT2D eigenvalue weighted by Crippen LogP contribution is -2.38. The van der Waals surface area contributed by atoms with Crippen molar-refractivity contribution in [2.24, 2.45) is 17.6 Å². The molecule has 1 aromatic carbocycles. The predicted molar refractivity (Wildman–Crippen MR) is 71.0 cm³/mol. The average molecular weight is 298 g/mol. The fourth-order valence-electron chi connectivity index (χ4n) is 3.54. The molecule has 3 nitrogen and oxygen atoms in total. The highest BCUT2D eigenvalue weighted by atomic mass is 19.2. The van der Waals surface area contributed by atoms with E-state index in [-0.39, 0.29) is 17.5 Å². The van der Waals surface area contributed by atoms with Gasteiger partial charge in [-0.25, -0.2) is 13.2 Å². The van der Waals surface area contributed by atoms with Crippen LogP contribution in [-0.2, 0) is 0 Å². The van der Waals surface area contributed by atoms with E-state index >= 15 is 0 Å².